The van der Waals surface area contributed by atoms with Crippen LogP contribution in [0.4, 0.5) is 0 Å². The number of hydrogen-bond donors (Lipinski definition) is 1. The van der Waals surface area contributed by atoms with E-state index in [0.717, 1.165) is 0 Å². The number of aromatic nitrogens is 1. The maximum atomic E-state index is 3.62. The first-order chi connectivity index (χ1) is 10.3. The lowest BCUT2D eigenvalue weighted by Gasteiger charge is -2.13. The van der Waals surface area contributed by atoms with Crippen LogP contribution in [0.3, 0.4) is 0 Å². The van der Waals surface area contributed by atoms with Crippen molar-refractivity contribution in [2.24, 2.45) is 0 Å². The summed E-state index contributed by atoms with van der Waals surface area (Å²) in [5.41, 5.74) is 2.72. The minimum atomic E-state index is 0.702. The molecule has 2 rings (SSSR count). The van der Waals surface area contributed by atoms with Crippen LogP contribution in [-0.4, -0.2) is 4.98 Å². The molecular weight excluding hydrogens is 254 g/mol. The maximum Gasteiger partial charge on any atom is 0.0456 e. The van der Waals surface area contributed by atoms with E-state index < -0.39 is 0 Å². The molecule has 0 aliphatic carbocycles. The van der Waals surface area contributed by atoms with Gasteiger partial charge in [-0.15, -0.1) is 0 Å². The first-order valence-electron chi connectivity index (χ1n) is 8.92. The highest BCUT2D eigenvalue weighted by atomic mass is 14.7. The van der Waals surface area contributed by atoms with Crippen molar-refractivity contribution in [3.05, 3.63) is 36.0 Å². The summed E-state index contributed by atoms with van der Waals surface area (Å²) in [6, 6.07) is 11.0. The molecule has 1 atom stereocenters. The monoisotopic (exact) mass is 285 g/mol. The van der Waals surface area contributed by atoms with Crippen molar-refractivity contribution >= 4 is 10.9 Å². The largest absolute Gasteiger partial charge is 0.358 e. The minimum absolute atomic E-state index is 0.702. The zero-order valence-corrected chi connectivity index (χ0v) is 13.8. The molecule has 0 bridgehead atoms. The molecule has 0 aliphatic heterocycles. The van der Waals surface area contributed by atoms with Crippen molar-refractivity contribution in [1.29, 1.82) is 0 Å². The summed E-state index contributed by atoms with van der Waals surface area (Å²) < 4.78 is 0. The molecule has 1 heteroatoms. The van der Waals surface area contributed by atoms with Crippen LogP contribution in [0.2, 0.25) is 0 Å². The average Bonchev–Trinajstić information content (AvgIpc) is 2.94. The van der Waals surface area contributed by atoms with Crippen LogP contribution in [0.25, 0.3) is 10.9 Å². The summed E-state index contributed by atoms with van der Waals surface area (Å²) in [4.78, 5) is 3.62. The molecule has 21 heavy (non-hydrogen) atoms. The number of benzene rings is 1. The van der Waals surface area contributed by atoms with Gasteiger partial charge in [0.15, 0.2) is 0 Å². The van der Waals surface area contributed by atoms with Gasteiger partial charge < -0.3 is 4.98 Å². The van der Waals surface area contributed by atoms with E-state index in [1.54, 1.807) is 0 Å². The van der Waals surface area contributed by atoms with Gasteiger partial charge in [0.25, 0.3) is 0 Å². The first-order valence-corrected chi connectivity index (χ1v) is 8.92. The molecule has 0 amide bonds. The Balaban J connectivity index is 1.77. The maximum absolute atomic E-state index is 3.62. The first kappa shape index (κ1) is 16.1. The Bertz CT molecular complexity index is 478. The van der Waals surface area contributed by atoms with Crippen molar-refractivity contribution in [1.82, 2.24) is 4.98 Å². The fourth-order valence-electron chi connectivity index (χ4n) is 3.24. The number of nitrogens with one attached hydrogen (secondary N) is 1. The Morgan fingerprint density at radius 1 is 0.905 bits per heavy atom. The molecule has 2 aromatic rings. The second-order valence-corrected chi connectivity index (χ2v) is 6.33. The van der Waals surface area contributed by atoms with Gasteiger partial charge in [0.2, 0.25) is 0 Å². The van der Waals surface area contributed by atoms with E-state index in [4.69, 9.17) is 0 Å². The minimum Gasteiger partial charge on any atom is -0.358 e. The van der Waals surface area contributed by atoms with Gasteiger partial charge in [0, 0.05) is 11.2 Å². The van der Waals surface area contributed by atoms with E-state index in [1.807, 2.05) is 0 Å². The van der Waals surface area contributed by atoms with Crippen molar-refractivity contribution in [2.45, 2.75) is 77.6 Å². The van der Waals surface area contributed by atoms with Crippen LogP contribution in [0, 0.1) is 0 Å². The molecule has 0 saturated heterocycles. The zero-order valence-electron chi connectivity index (χ0n) is 13.8. The van der Waals surface area contributed by atoms with Crippen molar-refractivity contribution in [2.75, 3.05) is 0 Å². The molecule has 0 saturated carbocycles. The Morgan fingerprint density at radius 3 is 2.33 bits per heavy atom. The second-order valence-electron chi connectivity index (χ2n) is 6.33. The summed E-state index contributed by atoms with van der Waals surface area (Å²) in [7, 11) is 0. The van der Waals surface area contributed by atoms with Crippen molar-refractivity contribution < 1.29 is 0 Å². The van der Waals surface area contributed by atoms with Gasteiger partial charge in [-0.3, -0.25) is 0 Å². The number of unbranched alkanes of at least 4 members (excludes halogenated alkanes) is 6. The highest BCUT2D eigenvalue weighted by molar-refractivity contribution is 5.80. The third-order valence-electron chi connectivity index (χ3n) is 4.64. The lowest BCUT2D eigenvalue weighted by molar-refractivity contribution is 0.520. The quantitative estimate of drug-likeness (QED) is 0.462. The Labute approximate surface area is 130 Å². The average molecular weight is 285 g/mol. The van der Waals surface area contributed by atoms with Gasteiger partial charge in [-0.1, -0.05) is 77.0 Å². The molecule has 1 N–H and O–H groups in total. The number of rotatable bonds is 10. The fraction of sp³-hybridized carbons (Fsp3) is 0.600. The van der Waals surface area contributed by atoms with Crippen LogP contribution in [0.15, 0.2) is 30.3 Å². The molecule has 0 aliphatic rings. The van der Waals surface area contributed by atoms with Crippen LogP contribution >= 0.6 is 0 Å². The highest BCUT2D eigenvalue weighted by Gasteiger charge is 2.11. The van der Waals surface area contributed by atoms with Gasteiger partial charge in [0.05, 0.1) is 0 Å². The number of aromatic amines is 1. The Hall–Kier alpha value is -1.24. The van der Waals surface area contributed by atoms with Gasteiger partial charge in [-0.25, -0.2) is 0 Å². The van der Waals surface area contributed by atoms with E-state index in [2.05, 4.69) is 49.2 Å². The number of fused-ring (bicyclic) bond motifs is 1. The Morgan fingerprint density at radius 2 is 1.62 bits per heavy atom. The van der Waals surface area contributed by atoms with E-state index in [1.165, 1.54) is 74.4 Å². The fourth-order valence-corrected chi connectivity index (χ4v) is 3.24. The van der Waals surface area contributed by atoms with Crippen molar-refractivity contribution in [3.63, 3.8) is 0 Å². The number of para-hydroxylation sites is 1. The smallest absolute Gasteiger partial charge is 0.0456 e. The number of hydrogen-bond acceptors (Lipinski definition) is 0. The van der Waals surface area contributed by atoms with Crippen LogP contribution < -0.4 is 0 Å². The standard InChI is InChI=1S/C20H31N/c1-3-5-6-7-8-9-10-13-17(4-2)20-16-18-14-11-12-15-19(18)21-20/h11-12,14-17,21H,3-10,13H2,1-2H3. The molecule has 1 nitrogen and oxygen atoms in total. The van der Waals surface area contributed by atoms with E-state index in [9.17, 15) is 0 Å². The SMILES string of the molecule is CCCCCCCCCC(CC)c1cc2ccccc2[nH]1. The molecule has 0 spiro atoms. The molecule has 0 radical (unpaired) electrons. The molecule has 1 heterocycles. The topological polar surface area (TPSA) is 15.8 Å². The lowest BCUT2D eigenvalue weighted by Crippen LogP contribution is -1.97. The van der Waals surface area contributed by atoms with E-state index >= 15 is 0 Å². The normalized spacial score (nSPS) is 12.9. The second kappa shape index (κ2) is 8.92. The van der Waals surface area contributed by atoms with E-state index in [0.29, 0.717) is 5.92 Å². The van der Waals surface area contributed by atoms with Gasteiger partial charge in [-0.2, -0.15) is 0 Å². The van der Waals surface area contributed by atoms with Crippen LogP contribution in [-0.2, 0) is 0 Å². The van der Waals surface area contributed by atoms with Crippen LogP contribution in [0.5, 0.6) is 0 Å². The summed E-state index contributed by atoms with van der Waals surface area (Å²) in [5.74, 6) is 0.702. The molecule has 1 unspecified atom stereocenters. The summed E-state index contributed by atoms with van der Waals surface area (Å²) >= 11 is 0. The summed E-state index contributed by atoms with van der Waals surface area (Å²) in [6.07, 6.45) is 12.4. The van der Waals surface area contributed by atoms with Gasteiger partial charge in [-0.05, 0) is 36.3 Å². The van der Waals surface area contributed by atoms with Gasteiger partial charge >= 0.3 is 0 Å². The molecule has 0 fully saturated rings. The predicted octanol–water partition coefficient (Wildman–Crippen LogP) is 6.80. The zero-order chi connectivity index (χ0) is 14.9. The molecule has 116 valence electrons. The summed E-state index contributed by atoms with van der Waals surface area (Å²) in [6.45, 7) is 4.60. The third-order valence-corrected chi connectivity index (χ3v) is 4.64. The third kappa shape index (κ3) is 4.91. The predicted molar refractivity (Wildman–Crippen MR) is 93.9 cm³/mol. The lowest BCUT2D eigenvalue weighted by atomic mass is 9.95. The van der Waals surface area contributed by atoms with Crippen LogP contribution in [0.1, 0.15) is 83.2 Å². The van der Waals surface area contributed by atoms with Gasteiger partial charge in [0.1, 0.15) is 0 Å². The molecule has 1 aromatic heterocycles. The summed E-state index contributed by atoms with van der Waals surface area (Å²) in [5, 5.41) is 1.35. The molecular formula is C20H31N. The van der Waals surface area contributed by atoms with E-state index in [-0.39, 0.29) is 0 Å². The molecule has 1 aromatic carbocycles. The highest BCUT2D eigenvalue weighted by Crippen LogP contribution is 2.28. The number of H-pyrrole nitrogens is 1. The van der Waals surface area contributed by atoms with Crippen molar-refractivity contribution in [3.8, 4) is 0 Å². The Kier molecular flexibility index (Phi) is 6.85.